The van der Waals surface area contributed by atoms with Gasteiger partial charge in [-0.15, -0.1) is 0 Å². The lowest BCUT2D eigenvalue weighted by Gasteiger charge is -2.27. The van der Waals surface area contributed by atoms with Crippen molar-refractivity contribution in [1.82, 2.24) is 10.6 Å². The van der Waals surface area contributed by atoms with E-state index in [4.69, 9.17) is 9.47 Å². The molecule has 2 aliphatic rings. The average molecular weight is 276 g/mol. The zero-order chi connectivity index (χ0) is 13.8. The number of benzene rings is 1. The molecule has 3 rings (SSSR count). The first-order valence-corrected chi connectivity index (χ1v) is 7.20. The summed E-state index contributed by atoms with van der Waals surface area (Å²) in [5, 5.41) is 6.31. The van der Waals surface area contributed by atoms with E-state index in [1.165, 1.54) is 6.42 Å². The van der Waals surface area contributed by atoms with E-state index in [2.05, 4.69) is 10.6 Å². The summed E-state index contributed by atoms with van der Waals surface area (Å²) in [5.41, 5.74) is 0. The van der Waals surface area contributed by atoms with Gasteiger partial charge in [0.2, 0.25) is 6.10 Å². The van der Waals surface area contributed by atoms with Crippen molar-refractivity contribution in [3.63, 3.8) is 0 Å². The van der Waals surface area contributed by atoms with Gasteiger partial charge in [-0.25, -0.2) is 0 Å². The lowest BCUT2D eigenvalue weighted by Crippen LogP contribution is -2.46. The van der Waals surface area contributed by atoms with Gasteiger partial charge in [-0.05, 0) is 44.0 Å². The molecule has 0 bridgehead atoms. The fourth-order valence-corrected chi connectivity index (χ4v) is 2.61. The lowest BCUT2D eigenvalue weighted by molar-refractivity contribution is -0.130. The number of rotatable bonds is 3. The highest BCUT2D eigenvalue weighted by molar-refractivity contribution is 5.81. The summed E-state index contributed by atoms with van der Waals surface area (Å²) in [6.07, 6.45) is 1.79. The fraction of sp³-hybridized carbons (Fsp3) is 0.533. The number of fused-ring (bicyclic) bond motifs is 1. The molecule has 1 aromatic rings. The average Bonchev–Trinajstić information content (AvgIpc) is 2.53. The molecule has 2 N–H and O–H groups in total. The zero-order valence-corrected chi connectivity index (χ0v) is 11.4. The Hall–Kier alpha value is -1.75. The first kappa shape index (κ1) is 13.2. The normalized spacial score (nSPS) is 25.0. The molecule has 20 heavy (non-hydrogen) atoms. The molecule has 1 aromatic carbocycles. The van der Waals surface area contributed by atoms with Crippen LogP contribution >= 0.6 is 0 Å². The second-order valence-corrected chi connectivity index (χ2v) is 5.32. The molecule has 2 aliphatic heterocycles. The van der Waals surface area contributed by atoms with Gasteiger partial charge in [-0.1, -0.05) is 12.1 Å². The molecule has 2 atom stereocenters. The van der Waals surface area contributed by atoms with Gasteiger partial charge < -0.3 is 20.1 Å². The molecule has 5 nitrogen and oxygen atoms in total. The van der Waals surface area contributed by atoms with Crippen LogP contribution in [0, 0.1) is 5.92 Å². The molecule has 108 valence electrons. The van der Waals surface area contributed by atoms with Crippen LogP contribution in [0.25, 0.3) is 0 Å². The molecule has 5 heteroatoms. The van der Waals surface area contributed by atoms with Crippen molar-refractivity contribution in [2.45, 2.75) is 18.9 Å². The number of ether oxygens (including phenoxy) is 2. The number of carbonyl (C=O) groups is 1. The minimum absolute atomic E-state index is 0.0925. The quantitative estimate of drug-likeness (QED) is 0.862. The van der Waals surface area contributed by atoms with Crippen LogP contribution in [0.1, 0.15) is 12.8 Å². The van der Waals surface area contributed by atoms with E-state index in [9.17, 15) is 4.79 Å². The van der Waals surface area contributed by atoms with Crippen molar-refractivity contribution < 1.29 is 14.3 Å². The monoisotopic (exact) mass is 276 g/mol. The number of hydrogen-bond acceptors (Lipinski definition) is 4. The van der Waals surface area contributed by atoms with Gasteiger partial charge in [0.1, 0.15) is 6.61 Å². The Morgan fingerprint density at radius 2 is 2.20 bits per heavy atom. The second kappa shape index (κ2) is 6.13. The molecule has 1 amide bonds. The van der Waals surface area contributed by atoms with Crippen molar-refractivity contribution in [1.29, 1.82) is 0 Å². The van der Waals surface area contributed by atoms with Crippen molar-refractivity contribution in [3.8, 4) is 11.5 Å². The maximum atomic E-state index is 12.1. The van der Waals surface area contributed by atoms with Gasteiger partial charge in [0.05, 0.1) is 0 Å². The highest BCUT2D eigenvalue weighted by atomic mass is 16.6. The van der Waals surface area contributed by atoms with Crippen molar-refractivity contribution in [2.24, 2.45) is 5.92 Å². The molecule has 1 saturated heterocycles. The lowest BCUT2D eigenvalue weighted by atomic mass is 10.00. The second-order valence-electron chi connectivity index (χ2n) is 5.32. The van der Waals surface area contributed by atoms with Gasteiger partial charge in [-0.2, -0.15) is 0 Å². The molecule has 0 unspecified atom stereocenters. The van der Waals surface area contributed by atoms with E-state index < -0.39 is 6.10 Å². The van der Waals surface area contributed by atoms with Crippen molar-refractivity contribution >= 4 is 5.91 Å². The molecule has 1 fully saturated rings. The molecule has 0 saturated carbocycles. The summed E-state index contributed by atoms with van der Waals surface area (Å²) in [5.74, 6) is 1.76. The molecule has 0 spiro atoms. The first-order valence-electron chi connectivity index (χ1n) is 7.20. The topological polar surface area (TPSA) is 59.6 Å². The molecule has 0 radical (unpaired) electrons. The molecule has 2 heterocycles. The minimum Gasteiger partial charge on any atom is -0.485 e. The Balaban J connectivity index is 1.51. The van der Waals surface area contributed by atoms with Crippen LogP contribution in [0.15, 0.2) is 24.3 Å². The van der Waals surface area contributed by atoms with Gasteiger partial charge in [0, 0.05) is 6.54 Å². The van der Waals surface area contributed by atoms with Crippen LogP contribution in [0.2, 0.25) is 0 Å². The Morgan fingerprint density at radius 1 is 1.35 bits per heavy atom. The summed E-state index contributed by atoms with van der Waals surface area (Å²) in [6, 6.07) is 7.42. The number of carbonyl (C=O) groups excluding carboxylic acids is 1. The largest absolute Gasteiger partial charge is 0.485 e. The van der Waals surface area contributed by atoms with Crippen LogP contribution in [-0.2, 0) is 4.79 Å². The molecular weight excluding hydrogens is 256 g/mol. The summed E-state index contributed by atoms with van der Waals surface area (Å²) in [4.78, 5) is 12.1. The van der Waals surface area contributed by atoms with Crippen LogP contribution in [0.3, 0.4) is 0 Å². The number of hydrogen-bond donors (Lipinski definition) is 2. The fourth-order valence-electron chi connectivity index (χ4n) is 2.61. The standard InChI is InChI=1S/C15H20N2O3/c18-15(17-9-11-4-3-7-16-8-11)14-10-19-12-5-1-2-6-13(12)20-14/h1-2,5-6,11,14,16H,3-4,7-10H2,(H,17,18)/t11-,14+/m1/s1. The third kappa shape index (κ3) is 3.04. The third-order valence-electron chi connectivity index (χ3n) is 3.76. The van der Waals surface area contributed by atoms with Gasteiger partial charge in [-0.3, -0.25) is 4.79 Å². The Kier molecular flexibility index (Phi) is 4.06. The molecular formula is C15H20N2O3. The molecule has 0 aliphatic carbocycles. The van der Waals surface area contributed by atoms with E-state index in [0.29, 0.717) is 24.0 Å². The predicted octanol–water partition coefficient (Wildman–Crippen LogP) is 0.942. The number of para-hydroxylation sites is 2. The summed E-state index contributed by atoms with van der Waals surface area (Å²) >= 11 is 0. The summed E-state index contributed by atoms with van der Waals surface area (Å²) < 4.78 is 11.2. The maximum absolute atomic E-state index is 12.1. The maximum Gasteiger partial charge on any atom is 0.264 e. The van der Waals surface area contributed by atoms with E-state index in [0.717, 1.165) is 19.5 Å². The van der Waals surface area contributed by atoms with E-state index >= 15 is 0 Å². The third-order valence-corrected chi connectivity index (χ3v) is 3.76. The van der Waals surface area contributed by atoms with Gasteiger partial charge in [0.25, 0.3) is 5.91 Å². The van der Waals surface area contributed by atoms with Gasteiger partial charge >= 0.3 is 0 Å². The van der Waals surface area contributed by atoms with Crippen LogP contribution < -0.4 is 20.1 Å². The number of nitrogens with one attached hydrogen (secondary N) is 2. The van der Waals surface area contributed by atoms with E-state index in [1.807, 2.05) is 24.3 Å². The zero-order valence-electron chi connectivity index (χ0n) is 11.4. The van der Waals surface area contributed by atoms with Crippen LogP contribution in [0.5, 0.6) is 11.5 Å². The minimum atomic E-state index is -0.554. The summed E-state index contributed by atoms with van der Waals surface area (Å²) in [7, 11) is 0. The van der Waals surface area contributed by atoms with Crippen LogP contribution in [-0.4, -0.2) is 38.3 Å². The van der Waals surface area contributed by atoms with Crippen molar-refractivity contribution in [2.75, 3.05) is 26.2 Å². The number of piperidine rings is 1. The first-order chi connectivity index (χ1) is 9.83. The van der Waals surface area contributed by atoms with E-state index in [1.54, 1.807) is 0 Å². The SMILES string of the molecule is O=C(NC[C@@H]1CCCNC1)[C@@H]1COc2ccccc2O1. The highest BCUT2D eigenvalue weighted by Gasteiger charge is 2.27. The highest BCUT2D eigenvalue weighted by Crippen LogP contribution is 2.30. The van der Waals surface area contributed by atoms with Gasteiger partial charge in [0.15, 0.2) is 11.5 Å². The number of amides is 1. The smallest absolute Gasteiger partial charge is 0.264 e. The Bertz CT molecular complexity index is 472. The summed E-state index contributed by atoms with van der Waals surface area (Å²) in [6.45, 7) is 3.03. The predicted molar refractivity (Wildman–Crippen MR) is 75.0 cm³/mol. The van der Waals surface area contributed by atoms with Crippen molar-refractivity contribution in [3.05, 3.63) is 24.3 Å². The Labute approximate surface area is 118 Å². The van der Waals surface area contributed by atoms with Crippen LogP contribution in [0.4, 0.5) is 0 Å². The Morgan fingerprint density at radius 3 is 3.00 bits per heavy atom. The van der Waals surface area contributed by atoms with E-state index in [-0.39, 0.29) is 12.5 Å². The molecule has 0 aromatic heterocycles.